The molecule has 5 nitrogen and oxygen atoms in total. The standard InChI is InChI=1S/C23H27N3O2S/c1-13-5-3-4-6-18(13)25-20(27)19-14(2)24-22(29-19)26-21(28)23-10-15-7-16(11-23)9-17(8-15)12-23/h3-6,15-17H,7-12H2,1-2H3,(H,25,27)(H,24,26,28). The zero-order valence-corrected chi connectivity index (χ0v) is 17.8. The number of para-hydroxylation sites is 1. The summed E-state index contributed by atoms with van der Waals surface area (Å²) in [6.45, 7) is 3.79. The molecular formula is C23H27N3O2S. The van der Waals surface area contributed by atoms with Crippen molar-refractivity contribution >= 4 is 34.0 Å². The van der Waals surface area contributed by atoms with Crippen molar-refractivity contribution in [1.29, 1.82) is 0 Å². The van der Waals surface area contributed by atoms with Crippen molar-refractivity contribution in [3.05, 3.63) is 40.4 Å². The Hall–Kier alpha value is -2.21. The molecule has 1 heterocycles. The Balaban J connectivity index is 1.31. The van der Waals surface area contributed by atoms with Crippen LogP contribution >= 0.6 is 11.3 Å². The van der Waals surface area contributed by atoms with E-state index in [0.29, 0.717) is 15.7 Å². The van der Waals surface area contributed by atoms with Crippen LogP contribution in [0, 0.1) is 37.0 Å². The highest BCUT2D eigenvalue weighted by Gasteiger charge is 2.54. The first-order chi connectivity index (χ1) is 13.9. The van der Waals surface area contributed by atoms with Crippen LogP contribution in [0.25, 0.3) is 0 Å². The van der Waals surface area contributed by atoms with Gasteiger partial charge in [0.1, 0.15) is 4.88 Å². The smallest absolute Gasteiger partial charge is 0.267 e. The Morgan fingerprint density at radius 2 is 1.62 bits per heavy atom. The van der Waals surface area contributed by atoms with Gasteiger partial charge in [-0.25, -0.2) is 4.98 Å². The molecule has 6 rings (SSSR count). The van der Waals surface area contributed by atoms with Crippen molar-refractivity contribution < 1.29 is 9.59 Å². The number of aryl methyl sites for hydroxylation is 2. The maximum Gasteiger partial charge on any atom is 0.267 e. The van der Waals surface area contributed by atoms with Crippen LogP contribution in [0.15, 0.2) is 24.3 Å². The second kappa shape index (κ2) is 6.94. The number of nitrogens with zero attached hydrogens (tertiary/aromatic N) is 1. The lowest BCUT2D eigenvalue weighted by Gasteiger charge is -2.55. The lowest BCUT2D eigenvalue weighted by atomic mass is 9.49. The Labute approximate surface area is 175 Å². The molecule has 0 aliphatic heterocycles. The van der Waals surface area contributed by atoms with Gasteiger partial charge in [-0.2, -0.15) is 0 Å². The second-order valence-electron chi connectivity index (χ2n) is 9.35. The van der Waals surface area contributed by atoms with Crippen molar-refractivity contribution in [3.8, 4) is 0 Å². The normalized spacial score (nSPS) is 29.7. The van der Waals surface area contributed by atoms with Crippen molar-refractivity contribution in [2.45, 2.75) is 52.4 Å². The average molecular weight is 410 g/mol. The molecule has 0 radical (unpaired) electrons. The molecule has 4 aliphatic rings. The maximum atomic E-state index is 13.2. The maximum absolute atomic E-state index is 13.2. The summed E-state index contributed by atoms with van der Waals surface area (Å²) in [5.74, 6) is 2.11. The minimum absolute atomic E-state index is 0.121. The van der Waals surface area contributed by atoms with Crippen molar-refractivity contribution in [2.24, 2.45) is 23.2 Å². The number of hydrogen-bond donors (Lipinski definition) is 2. The molecule has 0 saturated heterocycles. The predicted octanol–water partition coefficient (Wildman–Crippen LogP) is 5.17. The minimum Gasteiger partial charge on any atom is -0.321 e. The van der Waals surface area contributed by atoms with E-state index in [9.17, 15) is 9.59 Å². The minimum atomic E-state index is -0.210. The van der Waals surface area contributed by atoms with E-state index in [2.05, 4.69) is 15.6 Å². The van der Waals surface area contributed by atoms with Gasteiger partial charge < -0.3 is 10.6 Å². The van der Waals surface area contributed by atoms with Gasteiger partial charge in [0, 0.05) is 5.69 Å². The number of rotatable bonds is 4. The van der Waals surface area contributed by atoms with Crippen molar-refractivity contribution in [2.75, 3.05) is 10.6 Å². The van der Waals surface area contributed by atoms with Crippen LogP contribution in [0.1, 0.15) is 59.5 Å². The monoisotopic (exact) mass is 409 g/mol. The zero-order valence-electron chi connectivity index (χ0n) is 17.0. The number of thiazole rings is 1. The molecule has 152 valence electrons. The quantitative estimate of drug-likeness (QED) is 0.732. The highest BCUT2D eigenvalue weighted by atomic mass is 32.1. The van der Waals surface area contributed by atoms with E-state index in [1.807, 2.05) is 38.1 Å². The summed E-state index contributed by atoms with van der Waals surface area (Å²) in [6.07, 6.45) is 7.01. The highest BCUT2D eigenvalue weighted by Crippen LogP contribution is 2.60. The van der Waals surface area contributed by atoms with Crippen LogP contribution in [0.2, 0.25) is 0 Å². The predicted molar refractivity (Wildman–Crippen MR) is 115 cm³/mol. The number of nitrogens with one attached hydrogen (secondary N) is 2. The third-order valence-electron chi connectivity index (χ3n) is 7.14. The van der Waals surface area contributed by atoms with E-state index in [0.717, 1.165) is 48.3 Å². The first kappa shape index (κ1) is 18.8. The number of carbonyl (C=O) groups excluding carboxylic acids is 2. The first-order valence-electron chi connectivity index (χ1n) is 10.6. The van der Waals surface area contributed by atoms with E-state index in [1.165, 1.54) is 30.6 Å². The summed E-state index contributed by atoms with van der Waals surface area (Å²) < 4.78 is 0. The van der Waals surface area contributed by atoms with Gasteiger partial charge >= 0.3 is 0 Å². The molecular weight excluding hydrogens is 382 g/mol. The van der Waals surface area contributed by atoms with Gasteiger partial charge in [-0.15, -0.1) is 0 Å². The van der Waals surface area contributed by atoms with Gasteiger partial charge in [0.05, 0.1) is 11.1 Å². The van der Waals surface area contributed by atoms with Crippen LogP contribution in [0.4, 0.5) is 10.8 Å². The molecule has 29 heavy (non-hydrogen) atoms. The summed E-state index contributed by atoms with van der Waals surface area (Å²) in [4.78, 5) is 31.0. The van der Waals surface area contributed by atoms with Crippen LogP contribution < -0.4 is 10.6 Å². The van der Waals surface area contributed by atoms with Crippen molar-refractivity contribution in [3.63, 3.8) is 0 Å². The second-order valence-corrected chi connectivity index (χ2v) is 10.4. The van der Waals surface area contributed by atoms with E-state index in [4.69, 9.17) is 0 Å². The topological polar surface area (TPSA) is 71.1 Å². The summed E-state index contributed by atoms with van der Waals surface area (Å²) >= 11 is 1.27. The van der Waals surface area contributed by atoms with E-state index in [1.54, 1.807) is 0 Å². The molecule has 1 aromatic heterocycles. The fraction of sp³-hybridized carbons (Fsp3) is 0.522. The molecule has 4 saturated carbocycles. The molecule has 0 unspecified atom stereocenters. The molecule has 4 bridgehead atoms. The van der Waals surface area contributed by atoms with Crippen LogP contribution in [-0.4, -0.2) is 16.8 Å². The SMILES string of the molecule is Cc1ccccc1NC(=O)c1sc(NC(=O)C23CC4CC(CC(C4)C2)C3)nc1C. The highest BCUT2D eigenvalue weighted by molar-refractivity contribution is 7.17. The Bertz CT molecular complexity index is 945. The molecule has 2 N–H and O–H groups in total. The molecule has 0 atom stereocenters. The van der Waals surface area contributed by atoms with Crippen LogP contribution in [0.3, 0.4) is 0 Å². The van der Waals surface area contributed by atoms with Gasteiger partial charge in [0.2, 0.25) is 5.91 Å². The summed E-state index contributed by atoms with van der Waals surface area (Å²) in [7, 11) is 0. The van der Waals surface area contributed by atoms with Gasteiger partial charge in [0.25, 0.3) is 5.91 Å². The lowest BCUT2D eigenvalue weighted by Crippen LogP contribution is -2.51. The van der Waals surface area contributed by atoms with E-state index in [-0.39, 0.29) is 17.2 Å². The molecule has 6 heteroatoms. The van der Waals surface area contributed by atoms with Crippen LogP contribution in [0.5, 0.6) is 0 Å². The number of amides is 2. The van der Waals surface area contributed by atoms with Gasteiger partial charge in [-0.05, 0) is 81.8 Å². The van der Waals surface area contributed by atoms with Crippen molar-refractivity contribution in [1.82, 2.24) is 4.98 Å². The third-order valence-corrected chi connectivity index (χ3v) is 8.21. The fourth-order valence-electron chi connectivity index (χ4n) is 6.17. The molecule has 4 fully saturated rings. The van der Waals surface area contributed by atoms with Gasteiger partial charge in [-0.3, -0.25) is 9.59 Å². The van der Waals surface area contributed by atoms with Gasteiger partial charge in [-0.1, -0.05) is 29.5 Å². The molecule has 4 aliphatic carbocycles. The van der Waals surface area contributed by atoms with Gasteiger partial charge in [0.15, 0.2) is 5.13 Å². The van der Waals surface area contributed by atoms with Crippen LogP contribution in [-0.2, 0) is 4.79 Å². The average Bonchev–Trinajstić information content (AvgIpc) is 3.03. The summed E-state index contributed by atoms with van der Waals surface area (Å²) in [5.41, 5.74) is 2.25. The number of benzene rings is 1. The molecule has 2 amide bonds. The molecule has 0 spiro atoms. The summed E-state index contributed by atoms with van der Waals surface area (Å²) in [5, 5.41) is 6.58. The summed E-state index contributed by atoms with van der Waals surface area (Å²) in [6, 6.07) is 7.70. The number of anilines is 2. The lowest BCUT2D eigenvalue weighted by molar-refractivity contribution is -0.140. The Kier molecular flexibility index (Phi) is 4.50. The number of aromatic nitrogens is 1. The number of hydrogen-bond acceptors (Lipinski definition) is 4. The third kappa shape index (κ3) is 3.37. The largest absolute Gasteiger partial charge is 0.321 e. The number of carbonyl (C=O) groups is 2. The first-order valence-corrected chi connectivity index (χ1v) is 11.4. The fourth-order valence-corrected chi connectivity index (χ4v) is 7.03. The Morgan fingerprint density at radius 3 is 2.24 bits per heavy atom. The zero-order chi connectivity index (χ0) is 20.2. The van der Waals surface area contributed by atoms with E-state index >= 15 is 0 Å². The molecule has 2 aromatic rings. The van der Waals surface area contributed by atoms with E-state index < -0.39 is 0 Å². The Morgan fingerprint density at radius 1 is 1.00 bits per heavy atom. The molecule has 1 aromatic carbocycles.